The normalized spacial score (nSPS) is 15.8. The molecule has 0 saturated carbocycles. The second kappa shape index (κ2) is 7.62. The number of Topliss-reactive ketones (excluding diaryl/α,β-unsaturated/α-hetero) is 1. The van der Waals surface area contributed by atoms with Crippen LogP contribution in [0, 0.1) is 5.92 Å². The molecule has 1 heterocycles. The van der Waals surface area contributed by atoms with Crippen molar-refractivity contribution in [1.82, 2.24) is 0 Å². The molecule has 0 atom stereocenters. The number of hydrogen-bond donors (Lipinski definition) is 0. The number of carbonyl (C=O) groups excluding carboxylic acids is 2. The van der Waals surface area contributed by atoms with Gasteiger partial charge in [0.2, 0.25) is 0 Å². The molecule has 1 aliphatic heterocycles. The molecular formula is C19H27NO3. The summed E-state index contributed by atoms with van der Waals surface area (Å²) >= 11 is 0. The van der Waals surface area contributed by atoms with E-state index in [1.165, 1.54) is 0 Å². The SMILES string of the molecule is CCOC(=O)C1CCN(c2cccc(C(C)=O)c2C(C)C)CC1. The number of benzene rings is 1. The third-order valence-electron chi connectivity index (χ3n) is 4.50. The van der Waals surface area contributed by atoms with E-state index in [1.807, 2.05) is 19.1 Å². The second-order valence-corrected chi connectivity index (χ2v) is 6.46. The number of ketones is 1. The minimum Gasteiger partial charge on any atom is -0.466 e. The van der Waals surface area contributed by atoms with E-state index in [0.717, 1.165) is 42.7 Å². The molecule has 4 heteroatoms. The summed E-state index contributed by atoms with van der Waals surface area (Å²) in [5, 5.41) is 0. The summed E-state index contributed by atoms with van der Waals surface area (Å²) in [7, 11) is 0. The minimum atomic E-state index is -0.0753. The lowest BCUT2D eigenvalue weighted by molar-refractivity contribution is -0.148. The number of carbonyl (C=O) groups is 2. The summed E-state index contributed by atoms with van der Waals surface area (Å²) in [6, 6.07) is 5.95. The molecule has 0 amide bonds. The van der Waals surface area contributed by atoms with E-state index in [-0.39, 0.29) is 23.6 Å². The van der Waals surface area contributed by atoms with Gasteiger partial charge in [-0.15, -0.1) is 0 Å². The summed E-state index contributed by atoms with van der Waals surface area (Å²) in [4.78, 5) is 26.1. The van der Waals surface area contributed by atoms with E-state index in [1.54, 1.807) is 6.92 Å². The Morgan fingerprint density at radius 2 is 1.91 bits per heavy atom. The van der Waals surface area contributed by atoms with Crippen molar-refractivity contribution in [3.05, 3.63) is 29.3 Å². The molecule has 1 aromatic carbocycles. The van der Waals surface area contributed by atoms with Gasteiger partial charge in [-0.25, -0.2) is 0 Å². The predicted octanol–water partition coefficient (Wildman–Crippen LogP) is 3.79. The van der Waals surface area contributed by atoms with Crippen LogP contribution in [0.3, 0.4) is 0 Å². The standard InChI is InChI=1S/C19H27NO3/c1-5-23-19(22)15-9-11-20(12-10-15)17-8-6-7-16(14(4)21)18(17)13(2)3/h6-8,13,15H,5,9-12H2,1-4H3. The van der Waals surface area contributed by atoms with Crippen molar-refractivity contribution in [2.24, 2.45) is 5.92 Å². The highest BCUT2D eigenvalue weighted by molar-refractivity contribution is 5.97. The molecule has 1 aromatic rings. The Labute approximate surface area is 138 Å². The van der Waals surface area contributed by atoms with Crippen LogP contribution in [0.2, 0.25) is 0 Å². The molecule has 0 N–H and O–H groups in total. The maximum absolute atomic E-state index is 11.9. The Kier molecular flexibility index (Phi) is 5.80. The molecule has 1 fully saturated rings. The maximum Gasteiger partial charge on any atom is 0.309 e. The van der Waals surface area contributed by atoms with Gasteiger partial charge in [0.25, 0.3) is 0 Å². The molecule has 2 rings (SSSR count). The lowest BCUT2D eigenvalue weighted by Gasteiger charge is -2.35. The molecule has 0 aromatic heterocycles. The van der Waals surface area contributed by atoms with Gasteiger partial charge in [-0.05, 0) is 44.2 Å². The number of anilines is 1. The minimum absolute atomic E-state index is 0.00434. The first-order chi connectivity index (χ1) is 11.0. The van der Waals surface area contributed by atoms with Crippen LogP contribution in [0.5, 0.6) is 0 Å². The highest BCUT2D eigenvalue weighted by Crippen LogP contribution is 2.33. The van der Waals surface area contributed by atoms with Crippen LogP contribution in [0.1, 0.15) is 62.4 Å². The van der Waals surface area contributed by atoms with Crippen molar-refractivity contribution < 1.29 is 14.3 Å². The average molecular weight is 317 g/mol. The molecule has 126 valence electrons. The number of rotatable bonds is 5. The van der Waals surface area contributed by atoms with Crippen molar-refractivity contribution in [3.8, 4) is 0 Å². The number of hydrogen-bond acceptors (Lipinski definition) is 4. The van der Waals surface area contributed by atoms with Gasteiger partial charge in [-0.2, -0.15) is 0 Å². The van der Waals surface area contributed by atoms with Crippen LogP contribution < -0.4 is 4.90 Å². The van der Waals surface area contributed by atoms with Crippen LogP contribution >= 0.6 is 0 Å². The lowest BCUT2D eigenvalue weighted by Crippen LogP contribution is -2.37. The van der Waals surface area contributed by atoms with Gasteiger partial charge in [0.15, 0.2) is 5.78 Å². The third-order valence-corrected chi connectivity index (χ3v) is 4.50. The highest BCUT2D eigenvalue weighted by Gasteiger charge is 2.28. The fourth-order valence-corrected chi connectivity index (χ4v) is 3.36. The maximum atomic E-state index is 11.9. The van der Waals surface area contributed by atoms with Gasteiger partial charge < -0.3 is 9.64 Å². The third kappa shape index (κ3) is 3.92. The fraction of sp³-hybridized carbons (Fsp3) is 0.579. The molecular weight excluding hydrogens is 290 g/mol. The Hall–Kier alpha value is -1.84. The van der Waals surface area contributed by atoms with E-state index in [9.17, 15) is 9.59 Å². The molecule has 0 aliphatic carbocycles. The van der Waals surface area contributed by atoms with Crippen LogP contribution in [-0.2, 0) is 9.53 Å². The van der Waals surface area contributed by atoms with Crippen molar-refractivity contribution in [3.63, 3.8) is 0 Å². The van der Waals surface area contributed by atoms with Crippen molar-refractivity contribution in [2.75, 3.05) is 24.6 Å². The molecule has 1 aliphatic rings. The summed E-state index contributed by atoms with van der Waals surface area (Å²) in [6.07, 6.45) is 1.61. The molecule has 0 radical (unpaired) electrons. The van der Waals surface area contributed by atoms with E-state index in [0.29, 0.717) is 6.61 Å². The molecule has 0 spiro atoms. The molecule has 0 bridgehead atoms. The van der Waals surface area contributed by atoms with E-state index < -0.39 is 0 Å². The Balaban J connectivity index is 2.19. The van der Waals surface area contributed by atoms with Gasteiger partial charge in [0.1, 0.15) is 0 Å². The average Bonchev–Trinajstić information content (AvgIpc) is 2.54. The van der Waals surface area contributed by atoms with Crippen LogP contribution in [0.15, 0.2) is 18.2 Å². The Morgan fingerprint density at radius 3 is 2.43 bits per heavy atom. The first kappa shape index (κ1) is 17.5. The Morgan fingerprint density at radius 1 is 1.26 bits per heavy atom. The monoisotopic (exact) mass is 317 g/mol. The summed E-state index contributed by atoms with van der Waals surface area (Å²) in [6.45, 7) is 9.80. The van der Waals surface area contributed by atoms with E-state index in [2.05, 4.69) is 24.8 Å². The quantitative estimate of drug-likeness (QED) is 0.612. The highest BCUT2D eigenvalue weighted by atomic mass is 16.5. The van der Waals surface area contributed by atoms with Crippen LogP contribution in [-0.4, -0.2) is 31.4 Å². The zero-order chi connectivity index (χ0) is 17.0. The predicted molar refractivity (Wildman–Crippen MR) is 92.1 cm³/mol. The van der Waals surface area contributed by atoms with Gasteiger partial charge in [-0.3, -0.25) is 9.59 Å². The number of esters is 1. The molecule has 0 unspecified atom stereocenters. The molecule has 23 heavy (non-hydrogen) atoms. The topological polar surface area (TPSA) is 46.6 Å². The summed E-state index contributed by atoms with van der Waals surface area (Å²) in [5.74, 6) is 0.322. The van der Waals surface area contributed by atoms with Gasteiger partial charge in [0, 0.05) is 24.3 Å². The summed E-state index contributed by atoms with van der Waals surface area (Å²) < 4.78 is 5.13. The first-order valence-electron chi connectivity index (χ1n) is 8.51. The number of nitrogens with zero attached hydrogens (tertiary/aromatic N) is 1. The molecule has 1 saturated heterocycles. The zero-order valence-electron chi connectivity index (χ0n) is 14.6. The number of piperidine rings is 1. The smallest absolute Gasteiger partial charge is 0.309 e. The lowest BCUT2D eigenvalue weighted by atomic mass is 9.90. The fourth-order valence-electron chi connectivity index (χ4n) is 3.36. The first-order valence-corrected chi connectivity index (χ1v) is 8.51. The number of ether oxygens (including phenoxy) is 1. The summed E-state index contributed by atoms with van der Waals surface area (Å²) in [5.41, 5.74) is 3.06. The van der Waals surface area contributed by atoms with Crippen LogP contribution in [0.4, 0.5) is 5.69 Å². The van der Waals surface area contributed by atoms with Crippen molar-refractivity contribution in [1.29, 1.82) is 0 Å². The zero-order valence-corrected chi connectivity index (χ0v) is 14.6. The van der Waals surface area contributed by atoms with Gasteiger partial charge in [0.05, 0.1) is 12.5 Å². The van der Waals surface area contributed by atoms with Crippen molar-refractivity contribution in [2.45, 2.75) is 46.5 Å². The Bertz CT molecular complexity index is 572. The van der Waals surface area contributed by atoms with E-state index in [4.69, 9.17) is 4.74 Å². The largest absolute Gasteiger partial charge is 0.466 e. The van der Waals surface area contributed by atoms with Gasteiger partial charge in [-0.1, -0.05) is 26.0 Å². The second-order valence-electron chi connectivity index (χ2n) is 6.46. The van der Waals surface area contributed by atoms with Gasteiger partial charge >= 0.3 is 5.97 Å². The van der Waals surface area contributed by atoms with Crippen LogP contribution in [0.25, 0.3) is 0 Å². The van der Waals surface area contributed by atoms with Crippen molar-refractivity contribution >= 4 is 17.4 Å². The van der Waals surface area contributed by atoms with E-state index >= 15 is 0 Å². The molecule has 4 nitrogen and oxygen atoms in total.